The smallest absolute Gasteiger partial charge is 0.296 e. The van der Waals surface area contributed by atoms with E-state index in [0.717, 1.165) is 24.0 Å². The van der Waals surface area contributed by atoms with Crippen LogP contribution in [0.1, 0.15) is 37.3 Å². The number of halogens is 1. The first-order valence-electron chi connectivity index (χ1n) is 9.67. The second-order valence-electron chi connectivity index (χ2n) is 6.49. The van der Waals surface area contributed by atoms with Crippen LogP contribution in [0.15, 0.2) is 58.3 Å². The third-order valence-corrected chi connectivity index (χ3v) is 6.36. The van der Waals surface area contributed by atoms with Gasteiger partial charge in [-0.25, -0.2) is 8.42 Å². The standard InChI is InChI=1S/C11H16O3S.C7H7ClO2S.C3H8O2/c1-3-4-9-14-15(12,13)11-7-5-10(2)6-8-11;1-6-2-4-7(5-3-6)11(8,9)10;4-2-1-3-5/h5-8H,3-4,9H2,1-2H3;2-5H,1H3;4-5H,1-3H2. The van der Waals surface area contributed by atoms with Gasteiger partial charge in [-0.2, -0.15) is 8.42 Å². The molecule has 7 nitrogen and oxygen atoms in total. The fourth-order valence-corrected chi connectivity index (χ4v) is 3.57. The summed E-state index contributed by atoms with van der Waals surface area (Å²) in [6, 6.07) is 13.0. The second kappa shape index (κ2) is 15.3. The van der Waals surface area contributed by atoms with Crippen LogP contribution in [-0.2, 0) is 23.4 Å². The molecule has 0 spiro atoms. The van der Waals surface area contributed by atoms with Crippen LogP contribution in [0, 0.1) is 13.8 Å². The van der Waals surface area contributed by atoms with E-state index in [1.165, 1.54) is 12.1 Å². The molecule has 0 saturated carbocycles. The van der Waals surface area contributed by atoms with E-state index >= 15 is 0 Å². The number of hydrogen-bond donors (Lipinski definition) is 2. The number of unbranched alkanes of at least 4 members (excludes halogenated alkanes) is 1. The molecule has 0 heterocycles. The Balaban J connectivity index is 0.000000492. The van der Waals surface area contributed by atoms with E-state index in [2.05, 4.69) is 0 Å². The SMILES string of the molecule is CCCCOS(=O)(=O)c1ccc(C)cc1.Cc1ccc(S(=O)(=O)Cl)cc1.OCCCO. The van der Waals surface area contributed by atoms with Crippen molar-refractivity contribution < 1.29 is 31.2 Å². The minimum atomic E-state index is -3.55. The summed E-state index contributed by atoms with van der Waals surface area (Å²) in [5.74, 6) is 0. The first-order chi connectivity index (χ1) is 14.5. The van der Waals surface area contributed by atoms with E-state index < -0.39 is 19.2 Å². The molecular formula is C21H31ClO7S2. The molecular weight excluding hydrogens is 464 g/mol. The van der Waals surface area contributed by atoms with Crippen molar-refractivity contribution in [2.45, 2.75) is 49.8 Å². The lowest BCUT2D eigenvalue weighted by molar-refractivity contribution is 0.221. The van der Waals surface area contributed by atoms with Crippen molar-refractivity contribution >= 4 is 29.9 Å². The summed E-state index contributed by atoms with van der Waals surface area (Å²) in [6.45, 7) is 6.22. The van der Waals surface area contributed by atoms with E-state index in [1.807, 2.05) is 20.8 Å². The van der Waals surface area contributed by atoms with Gasteiger partial charge in [-0.1, -0.05) is 48.7 Å². The van der Waals surface area contributed by atoms with Crippen LogP contribution < -0.4 is 0 Å². The lowest BCUT2D eigenvalue weighted by Crippen LogP contribution is -2.07. The maximum Gasteiger partial charge on any atom is 0.296 e. The highest BCUT2D eigenvalue weighted by Crippen LogP contribution is 2.15. The Morgan fingerprint density at radius 3 is 1.52 bits per heavy atom. The zero-order valence-corrected chi connectivity index (χ0v) is 20.4. The van der Waals surface area contributed by atoms with Gasteiger partial charge in [0.2, 0.25) is 0 Å². The minimum Gasteiger partial charge on any atom is -0.396 e. The molecule has 0 saturated heterocycles. The lowest BCUT2D eigenvalue weighted by Gasteiger charge is -2.04. The summed E-state index contributed by atoms with van der Waals surface area (Å²) < 4.78 is 49.5. The maximum atomic E-state index is 11.6. The van der Waals surface area contributed by atoms with E-state index in [9.17, 15) is 16.8 Å². The zero-order chi connectivity index (χ0) is 23.9. The largest absolute Gasteiger partial charge is 0.396 e. The Morgan fingerprint density at radius 2 is 1.19 bits per heavy atom. The van der Waals surface area contributed by atoms with E-state index in [1.54, 1.807) is 36.4 Å². The van der Waals surface area contributed by atoms with Gasteiger partial charge in [0.25, 0.3) is 19.2 Å². The minimum absolute atomic E-state index is 0.0938. The molecule has 0 bridgehead atoms. The van der Waals surface area contributed by atoms with Gasteiger partial charge in [0.05, 0.1) is 16.4 Å². The Labute approximate surface area is 190 Å². The summed E-state index contributed by atoms with van der Waals surface area (Å²) in [6.07, 6.45) is 2.18. The molecule has 0 atom stereocenters. The van der Waals surface area contributed by atoms with Crippen molar-refractivity contribution in [3.63, 3.8) is 0 Å². The van der Waals surface area contributed by atoms with Gasteiger partial charge >= 0.3 is 0 Å². The number of rotatable bonds is 8. The quantitative estimate of drug-likeness (QED) is 0.325. The molecule has 2 rings (SSSR count). The Bertz CT molecular complexity index is 938. The van der Waals surface area contributed by atoms with Gasteiger partial charge in [-0.05, 0) is 51.0 Å². The van der Waals surface area contributed by atoms with Crippen LogP contribution in [-0.4, -0.2) is 46.9 Å². The molecule has 0 amide bonds. The van der Waals surface area contributed by atoms with Crippen LogP contribution in [0.4, 0.5) is 0 Å². The molecule has 0 aliphatic rings. The summed E-state index contributed by atoms with van der Waals surface area (Å²) in [5, 5.41) is 15.8. The van der Waals surface area contributed by atoms with E-state index in [-0.39, 0.29) is 29.6 Å². The molecule has 10 heteroatoms. The predicted molar refractivity (Wildman–Crippen MR) is 122 cm³/mol. The average Bonchev–Trinajstić information content (AvgIpc) is 2.70. The highest BCUT2D eigenvalue weighted by atomic mass is 35.7. The lowest BCUT2D eigenvalue weighted by atomic mass is 10.2. The van der Waals surface area contributed by atoms with E-state index in [0.29, 0.717) is 6.42 Å². The van der Waals surface area contributed by atoms with Gasteiger partial charge in [0.15, 0.2) is 0 Å². The molecule has 2 aromatic rings. The number of aryl methyl sites for hydroxylation is 2. The highest BCUT2D eigenvalue weighted by Gasteiger charge is 2.13. The Kier molecular flexibility index (Phi) is 14.6. The second-order valence-corrected chi connectivity index (χ2v) is 10.7. The summed E-state index contributed by atoms with van der Waals surface area (Å²) >= 11 is 0. The van der Waals surface area contributed by atoms with Crippen molar-refractivity contribution in [2.75, 3.05) is 19.8 Å². The molecule has 2 N–H and O–H groups in total. The fraction of sp³-hybridized carbons (Fsp3) is 0.429. The first-order valence-corrected chi connectivity index (χ1v) is 13.4. The van der Waals surface area contributed by atoms with Crippen molar-refractivity contribution in [1.82, 2.24) is 0 Å². The summed E-state index contributed by atoms with van der Waals surface area (Å²) in [5.41, 5.74) is 2.04. The van der Waals surface area contributed by atoms with Crippen molar-refractivity contribution in [3.05, 3.63) is 59.7 Å². The number of aliphatic hydroxyl groups excluding tert-OH is 2. The third kappa shape index (κ3) is 13.5. The average molecular weight is 495 g/mol. The highest BCUT2D eigenvalue weighted by molar-refractivity contribution is 8.13. The van der Waals surface area contributed by atoms with Crippen LogP contribution in [0.2, 0.25) is 0 Å². The summed E-state index contributed by atoms with van der Waals surface area (Å²) in [7, 11) is -2.01. The van der Waals surface area contributed by atoms with Crippen molar-refractivity contribution in [3.8, 4) is 0 Å². The molecule has 31 heavy (non-hydrogen) atoms. The Morgan fingerprint density at radius 1 is 0.774 bits per heavy atom. The van der Waals surface area contributed by atoms with Gasteiger partial charge in [-0.3, -0.25) is 4.18 Å². The molecule has 0 aliphatic carbocycles. The van der Waals surface area contributed by atoms with Crippen molar-refractivity contribution in [1.29, 1.82) is 0 Å². The van der Waals surface area contributed by atoms with Gasteiger partial charge in [-0.15, -0.1) is 0 Å². The molecule has 0 fully saturated rings. The van der Waals surface area contributed by atoms with Crippen LogP contribution in [0.5, 0.6) is 0 Å². The Hall–Kier alpha value is -1.49. The number of hydrogen-bond acceptors (Lipinski definition) is 7. The zero-order valence-electron chi connectivity index (χ0n) is 18.0. The first kappa shape index (κ1) is 29.5. The number of aliphatic hydroxyl groups is 2. The molecule has 176 valence electrons. The van der Waals surface area contributed by atoms with Gasteiger partial charge in [0, 0.05) is 23.9 Å². The fourth-order valence-electron chi connectivity index (χ4n) is 1.86. The van der Waals surface area contributed by atoms with Crippen LogP contribution in [0.25, 0.3) is 0 Å². The molecule has 0 unspecified atom stereocenters. The predicted octanol–water partition coefficient (Wildman–Crippen LogP) is 3.78. The number of benzene rings is 2. The van der Waals surface area contributed by atoms with Crippen LogP contribution in [0.3, 0.4) is 0 Å². The normalized spacial score (nSPS) is 11.0. The van der Waals surface area contributed by atoms with Crippen LogP contribution >= 0.6 is 10.7 Å². The summed E-state index contributed by atoms with van der Waals surface area (Å²) in [4.78, 5) is 0.369. The maximum absolute atomic E-state index is 11.6. The molecule has 0 aliphatic heterocycles. The van der Waals surface area contributed by atoms with E-state index in [4.69, 9.17) is 25.1 Å². The molecule has 0 radical (unpaired) electrons. The molecule has 0 aromatic heterocycles. The van der Waals surface area contributed by atoms with Gasteiger partial charge in [0.1, 0.15) is 0 Å². The van der Waals surface area contributed by atoms with Gasteiger partial charge < -0.3 is 10.2 Å². The molecule has 2 aromatic carbocycles. The monoisotopic (exact) mass is 494 g/mol. The third-order valence-electron chi connectivity index (χ3n) is 3.66. The van der Waals surface area contributed by atoms with Crippen molar-refractivity contribution in [2.24, 2.45) is 0 Å². The topological polar surface area (TPSA) is 118 Å².